The lowest BCUT2D eigenvalue weighted by Crippen LogP contribution is -2.40. The van der Waals surface area contributed by atoms with E-state index in [9.17, 15) is 4.79 Å². The number of fused-ring (bicyclic) bond motifs is 1. The number of likely N-dealkylation sites (tertiary alicyclic amines) is 1. The molecule has 2 heterocycles. The van der Waals surface area contributed by atoms with Gasteiger partial charge in [-0.2, -0.15) is 0 Å². The van der Waals surface area contributed by atoms with Crippen molar-refractivity contribution in [2.24, 2.45) is 5.73 Å². The zero-order valence-corrected chi connectivity index (χ0v) is 13.4. The third kappa shape index (κ3) is 3.50. The van der Waals surface area contributed by atoms with Crippen LogP contribution < -0.4 is 15.2 Å². The monoisotopic (exact) mass is 322 g/mol. The molecule has 1 aromatic rings. The van der Waals surface area contributed by atoms with Crippen molar-refractivity contribution in [2.75, 3.05) is 32.1 Å². The molecule has 2 N–H and O–H groups in total. The van der Waals surface area contributed by atoms with Crippen LogP contribution in [0, 0.1) is 0 Å². The molecule has 22 heavy (non-hydrogen) atoms. The number of hydrogen-bond donors (Lipinski definition) is 1. The maximum absolute atomic E-state index is 12.2. The van der Waals surface area contributed by atoms with E-state index in [1.807, 2.05) is 23.1 Å². The predicted octanol–water partition coefficient (Wildman–Crippen LogP) is 1.89. The van der Waals surface area contributed by atoms with Crippen LogP contribution in [0.5, 0.6) is 11.5 Å². The summed E-state index contributed by atoms with van der Waals surface area (Å²) in [6.07, 6.45) is 2.66. The van der Waals surface area contributed by atoms with Crippen molar-refractivity contribution in [3.05, 3.63) is 18.2 Å². The molecule has 0 saturated carbocycles. The summed E-state index contributed by atoms with van der Waals surface area (Å²) in [4.78, 5) is 15.3. The fraction of sp³-hybridized carbons (Fsp3) is 0.562. The molecule has 0 aromatic heterocycles. The van der Waals surface area contributed by atoms with Crippen molar-refractivity contribution in [1.82, 2.24) is 4.90 Å². The Morgan fingerprint density at radius 2 is 2.14 bits per heavy atom. The van der Waals surface area contributed by atoms with Gasteiger partial charge in [-0.25, -0.2) is 0 Å². The molecule has 6 heteroatoms. The molecule has 0 aliphatic carbocycles. The van der Waals surface area contributed by atoms with Gasteiger partial charge < -0.3 is 20.1 Å². The van der Waals surface area contributed by atoms with Crippen LogP contribution in [0.4, 0.5) is 0 Å². The number of benzene rings is 1. The molecule has 2 aliphatic heterocycles. The van der Waals surface area contributed by atoms with Crippen LogP contribution in [0.25, 0.3) is 0 Å². The van der Waals surface area contributed by atoms with Gasteiger partial charge in [0.1, 0.15) is 13.2 Å². The van der Waals surface area contributed by atoms with Gasteiger partial charge in [-0.05, 0) is 31.0 Å². The summed E-state index contributed by atoms with van der Waals surface area (Å²) in [7, 11) is 0. The first-order valence-electron chi connectivity index (χ1n) is 7.80. The number of thioether (sulfide) groups is 1. The van der Waals surface area contributed by atoms with Crippen molar-refractivity contribution < 1.29 is 14.3 Å². The molecular formula is C16H22N2O3S. The molecule has 0 spiro atoms. The van der Waals surface area contributed by atoms with Gasteiger partial charge in [0, 0.05) is 36.2 Å². The van der Waals surface area contributed by atoms with Gasteiger partial charge in [0.25, 0.3) is 0 Å². The predicted molar refractivity (Wildman–Crippen MR) is 86.6 cm³/mol. The lowest BCUT2D eigenvalue weighted by atomic mass is 10.2. The van der Waals surface area contributed by atoms with Crippen LogP contribution >= 0.6 is 11.8 Å². The third-order valence-corrected chi connectivity index (χ3v) is 5.06. The third-order valence-electron chi connectivity index (χ3n) is 4.07. The molecule has 1 aromatic carbocycles. The lowest BCUT2D eigenvalue weighted by molar-refractivity contribution is -0.131. The summed E-state index contributed by atoms with van der Waals surface area (Å²) < 4.78 is 11.1. The summed E-state index contributed by atoms with van der Waals surface area (Å²) in [5, 5.41) is 0. The molecule has 1 saturated heterocycles. The molecule has 3 rings (SSSR count). The zero-order chi connectivity index (χ0) is 15.4. The Labute approximate surface area is 135 Å². The maximum Gasteiger partial charge on any atom is 0.223 e. The maximum atomic E-state index is 12.2. The van der Waals surface area contributed by atoms with Gasteiger partial charge in [-0.15, -0.1) is 11.8 Å². The number of ether oxygens (including phenoxy) is 2. The van der Waals surface area contributed by atoms with E-state index in [1.165, 1.54) is 0 Å². The highest BCUT2D eigenvalue weighted by molar-refractivity contribution is 7.99. The number of hydrogen-bond acceptors (Lipinski definition) is 5. The van der Waals surface area contributed by atoms with Gasteiger partial charge in [0.05, 0.1) is 0 Å². The van der Waals surface area contributed by atoms with E-state index >= 15 is 0 Å². The second-order valence-corrected chi connectivity index (χ2v) is 6.69. The van der Waals surface area contributed by atoms with Crippen LogP contribution in [0.15, 0.2) is 23.1 Å². The van der Waals surface area contributed by atoms with E-state index in [4.69, 9.17) is 15.2 Å². The molecule has 0 radical (unpaired) electrons. The molecular weight excluding hydrogens is 300 g/mol. The number of nitrogens with zero attached hydrogens (tertiary/aromatic N) is 1. The smallest absolute Gasteiger partial charge is 0.223 e. The van der Waals surface area contributed by atoms with Gasteiger partial charge in [0.15, 0.2) is 11.5 Å². The fourth-order valence-electron chi connectivity index (χ4n) is 2.92. The van der Waals surface area contributed by atoms with Gasteiger partial charge in [-0.3, -0.25) is 4.79 Å². The molecule has 1 unspecified atom stereocenters. The minimum absolute atomic E-state index is 0.220. The zero-order valence-electron chi connectivity index (χ0n) is 12.6. The Morgan fingerprint density at radius 3 is 2.95 bits per heavy atom. The number of nitrogens with two attached hydrogens (primary N) is 1. The SMILES string of the molecule is NCC1CCCN1C(=O)CCSc1ccc2c(c1)OCCO2. The topological polar surface area (TPSA) is 64.8 Å². The van der Waals surface area contributed by atoms with Crippen molar-refractivity contribution >= 4 is 17.7 Å². The second-order valence-electron chi connectivity index (χ2n) is 5.52. The molecule has 120 valence electrons. The first-order chi connectivity index (χ1) is 10.8. The van der Waals surface area contributed by atoms with E-state index in [2.05, 4.69) is 0 Å². The van der Waals surface area contributed by atoms with Crippen LogP contribution in [0.3, 0.4) is 0 Å². The van der Waals surface area contributed by atoms with Gasteiger partial charge in [0.2, 0.25) is 5.91 Å². The van der Waals surface area contributed by atoms with E-state index in [0.717, 1.165) is 41.5 Å². The number of carbonyl (C=O) groups excluding carboxylic acids is 1. The first-order valence-corrected chi connectivity index (χ1v) is 8.78. The summed E-state index contributed by atoms with van der Waals surface area (Å²) in [6, 6.07) is 6.18. The lowest BCUT2D eigenvalue weighted by Gasteiger charge is -2.23. The fourth-order valence-corrected chi connectivity index (χ4v) is 3.79. The summed E-state index contributed by atoms with van der Waals surface area (Å²) >= 11 is 1.67. The van der Waals surface area contributed by atoms with E-state index in [-0.39, 0.29) is 11.9 Å². The average molecular weight is 322 g/mol. The van der Waals surface area contributed by atoms with Crippen molar-refractivity contribution in [3.8, 4) is 11.5 Å². The van der Waals surface area contributed by atoms with Crippen LogP contribution in [0.1, 0.15) is 19.3 Å². The van der Waals surface area contributed by atoms with Crippen molar-refractivity contribution in [2.45, 2.75) is 30.2 Å². The number of amides is 1. The molecule has 5 nitrogen and oxygen atoms in total. The average Bonchev–Trinajstić information content (AvgIpc) is 3.03. The highest BCUT2D eigenvalue weighted by Gasteiger charge is 2.26. The van der Waals surface area contributed by atoms with Crippen LogP contribution in [0.2, 0.25) is 0 Å². The molecule has 0 bridgehead atoms. The molecule has 1 atom stereocenters. The van der Waals surface area contributed by atoms with Crippen LogP contribution in [-0.2, 0) is 4.79 Å². The Balaban J connectivity index is 1.49. The summed E-state index contributed by atoms with van der Waals surface area (Å²) in [6.45, 7) is 2.62. The molecule has 1 fully saturated rings. The van der Waals surface area contributed by atoms with Gasteiger partial charge in [-0.1, -0.05) is 0 Å². The minimum atomic E-state index is 0.220. The van der Waals surface area contributed by atoms with Gasteiger partial charge >= 0.3 is 0 Å². The highest BCUT2D eigenvalue weighted by atomic mass is 32.2. The van der Waals surface area contributed by atoms with Crippen molar-refractivity contribution in [1.29, 1.82) is 0 Å². The minimum Gasteiger partial charge on any atom is -0.486 e. The quantitative estimate of drug-likeness (QED) is 0.839. The Hall–Kier alpha value is -1.40. The Bertz CT molecular complexity index is 538. The Morgan fingerprint density at radius 1 is 1.32 bits per heavy atom. The first kappa shape index (κ1) is 15.5. The highest BCUT2D eigenvalue weighted by Crippen LogP contribution is 2.34. The number of carbonyl (C=O) groups is 1. The summed E-state index contributed by atoms with van der Waals surface area (Å²) in [5.74, 6) is 2.59. The standard InChI is InChI=1S/C16H22N2O3S/c17-11-12-2-1-6-18(12)16(19)5-9-22-13-3-4-14-15(10-13)21-8-7-20-14/h3-4,10,12H,1-2,5-9,11,17H2. The van der Waals surface area contributed by atoms with Crippen molar-refractivity contribution in [3.63, 3.8) is 0 Å². The number of rotatable bonds is 5. The van der Waals surface area contributed by atoms with E-state index in [0.29, 0.717) is 26.2 Å². The summed E-state index contributed by atoms with van der Waals surface area (Å²) in [5.41, 5.74) is 5.72. The van der Waals surface area contributed by atoms with E-state index < -0.39 is 0 Å². The Kier molecular flexibility index (Phi) is 5.10. The largest absolute Gasteiger partial charge is 0.486 e. The normalized spacial score (nSPS) is 20.2. The molecule has 1 amide bonds. The van der Waals surface area contributed by atoms with E-state index in [1.54, 1.807) is 11.8 Å². The second kappa shape index (κ2) is 7.24. The molecule has 2 aliphatic rings. The van der Waals surface area contributed by atoms with Crippen LogP contribution in [-0.4, -0.2) is 48.9 Å².